The minimum atomic E-state index is -0.175. The van der Waals surface area contributed by atoms with E-state index in [0.717, 1.165) is 16.8 Å². The molecule has 0 aliphatic heterocycles. The third-order valence-corrected chi connectivity index (χ3v) is 3.03. The lowest BCUT2D eigenvalue weighted by atomic mass is 10.1. The van der Waals surface area contributed by atoms with Crippen LogP contribution in [0.3, 0.4) is 0 Å². The molecule has 0 radical (unpaired) electrons. The predicted molar refractivity (Wildman–Crippen MR) is 78.5 cm³/mol. The fourth-order valence-electron chi connectivity index (χ4n) is 1.97. The van der Waals surface area contributed by atoms with Gasteiger partial charge >= 0.3 is 0 Å². The molecule has 0 fully saturated rings. The molecule has 0 atom stereocenters. The van der Waals surface area contributed by atoms with Gasteiger partial charge in [-0.3, -0.25) is 4.79 Å². The van der Waals surface area contributed by atoms with Gasteiger partial charge in [-0.25, -0.2) is 0 Å². The summed E-state index contributed by atoms with van der Waals surface area (Å²) < 4.78 is 4.89. The van der Waals surface area contributed by atoms with Crippen molar-refractivity contribution >= 4 is 11.6 Å². The second kappa shape index (κ2) is 5.45. The summed E-state index contributed by atoms with van der Waals surface area (Å²) in [5.41, 5.74) is 3.54. The Morgan fingerprint density at radius 3 is 2.20 bits per heavy atom. The Morgan fingerprint density at radius 2 is 1.55 bits per heavy atom. The summed E-state index contributed by atoms with van der Waals surface area (Å²) in [5.74, 6) is -0.175. The third-order valence-electron chi connectivity index (χ3n) is 3.03. The van der Waals surface area contributed by atoms with Gasteiger partial charge in [0.05, 0.1) is 11.8 Å². The molecule has 0 saturated heterocycles. The summed E-state index contributed by atoms with van der Waals surface area (Å²) in [6, 6.07) is 19.5. The van der Waals surface area contributed by atoms with Crippen molar-refractivity contribution < 1.29 is 9.21 Å². The van der Waals surface area contributed by atoms with E-state index in [4.69, 9.17) is 4.42 Å². The summed E-state index contributed by atoms with van der Waals surface area (Å²) in [4.78, 5) is 11.9. The summed E-state index contributed by atoms with van der Waals surface area (Å²) in [5, 5.41) is 2.82. The van der Waals surface area contributed by atoms with E-state index in [2.05, 4.69) is 17.4 Å². The highest BCUT2D eigenvalue weighted by atomic mass is 16.3. The Balaban J connectivity index is 1.75. The first-order valence-corrected chi connectivity index (χ1v) is 6.32. The van der Waals surface area contributed by atoms with Gasteiger partial charge in [0.15, 0.2) is 0 Å². The zero-order valence-corrected chi connectivity index (χ0v) is 10.7. The average Bonchev–Trinajstić information content (AvgIpc) is 3.03. The number of carbonyl (C=O) groups excluding carboxylic acids is 1. The first-order valence-electron chi connectivity index (χ1n) is 6.32. The monoisotopic (exact) mass is 263 g/mol. The highest BCUT2D eigenvalue weighted by Gasteiger charge is 2.07. The predicted octanol–water partition coefficient (Wildman–Crippen LogP) is 4.20. The fraction of sp³-hybridized carbons (Fsp3) is 0. The van der Waals surface area contributed by atoms with Gasteiger partial charge < -0.3 is 9.73 Å². The van der Waals surface area contributed by atoms with Gasteiger partial charge in [-0.05, 0) is 29.3 Å². The highest BCUT2D eigenvalue weighted by molar-refractivity contribution is 6.04. The van der Waals surface area contributed by atoms with Crippen LogP contribution in [-0.4, -0.2) is 5.91 Å². The number of nitrogens with one attached hydrogen (secondary N) is 1. The Bertz CT molecular complexity index is 686. The molecule has 1 amide bonds. The maximum absolute atomic E-state index is 11.9. The molecule has 0 unspecified atom stereocenters. The van der Waals surface area contributed by atoms with E-state index >= 15 is 0 Å². The van der Waals surface area contributed by atoms with Crippen molar-refractivity contribution in [3.8, 4) is 11.1 Å². The molecule has 0 saturated carbocycles. The van der Waals surface area contributed by atoms with Crippen LogP contribution >= 0.6 is 0 Å². The quantitative estimate of drug-likeness (QED) is 0.769. The maximum atomic E-state index is 11.9. The number of hydrogen-bond donors (Lipinski definition) is 1. The Labute approximate surface area is 116 Å². The standard InChI is InChI=1S/C17H13NO2/c19-17(15-10-11-20-12-15)18-16-8-6-14(7-9-16)13-4-2-1-3-5-13/h1-12H,(H,18,19). The molecule has 1 N–H and O–H groups in total. The number of amides is 1. The van der Waals surface area contributed by atoms with Crippen LogP contribution in [0.1, 0.15) is 10.4 Å². The average molecular weight is 263 g/mol. The first-order chi connectivity index (χ1) is 9.83. The summed E-state index contributed by atoms with van der Waals surface area (Å²) in [6.07, 6.45) is 2.90. The van der Waals surface area contributed by atoms with Gasteiger partial charge in [-0.2, -0.15) is 0 Å². The van der Waals surface area contributed by atoms with E-state index in [1.807, 2.05) is 42.5 Å². The van der Waals surface area contributed by atoms with Crippen molar-refractivity contribution in [3.05, 3.63) is 78.8 Å². The molecule has 0 bridgehead atoms. The Morgan fingerprint density at radius 1 is 0.850 bits per heavy atom. The molecule has 1 heterocycles. The summed E-state index contributed by atoms with van der Waals surface area (Å²) in [7, 11) is 0. The van der Waals surface area contributed by atoms with Crippen LogP contribution in [-0.2, 0) is 0 Å². The smallest absolute Gasteiger partial charge is 0.258 e. The number of carbonyl (C=O) groups is 1. The molecule has 3 aromatic rings. The zero-order chi connectivity index (χ0) is 13.8. The summed E-state index contributed by atoms with van der Waals surface area (Å²) >= 11 is 0. The van der Waals surface area contributed by atoms with Gasteiger partial charge in [0.1, 0.15) is 6.26 Å². The second-order valence-electron chi connectivity index (χ2n) is 4.41. The van der Waals surface area contributed by atoms with E-state index in [0.29, 0.717) is 5.56 Å². The molecule has 2 aromatic carbocycles. The molecule has 0 aliphatic rings. The van der Waals surface area contributed by atoms with Crippen LogP contribution in [0.4, 0.5) is 5.69 Å². The minimum Gasteiger partial charge on any atom is -0.472 e. The lowest BCUT2D eigenvalue weighted by molar-refractivity contribution is 0.102. The number of furan rings is 1. The molecule has 1 aromatic heterocycles. The van der Waals surface area contributed by atoms with Crippen molar-refractivity contribution in [3.63, 3.8) is 0 Å². The molecule has 20 heavy (non-hydrogen) atoms. The molecule has 3 rings (SSSR count). The topological polar surface area (TPSA) is 42.2 Å². The molecule has 98 valence electrons. The largest absolute Gasteiger partial charge is 0.472 e. The molecular weight excluding hydrogens is 250 g/mol. The lowest BCUT2D eigenvalue weighted by Crippen LogP contribution is -2.10. The van der Waals surface area contributed by atoms with E-state index in [1.54, 1.807) is 6.07 Å². The molecule has 0 aliphatic carbocycles. The van der Waals surface area contributed by atoms with E-state index in [-0.39, 0.29) is 5.91 Å². The molecular formula is C17H13NO2. The van der Waals surface area contributed by atoms with Crippen molar-refractivity contribution in [2.45, 2.75) is 0 Å². The van der Waals surface area contributed by atoms with Crippen LogP contribution in [0.25, 0.3) is 11.1 Å². The zero-order valence-electron chi connectivity index (χ0n) is 10.7. The fourth-order valence-corrected chi connectivity index (χ4v) is 1.97. The summed E-state index contributed by atoms with van der Waals surface area (Å²) in [6.45, 7) is 0. The van der Waals surface area contributed by atoms with Crippen molar-refractivity contribution in [1.29, 1.82) is 0 Å². The molecule has 3 nitrogen and oxygen atoms in total. The second-order valence-corrected chi connectivity index (χ2v) is 4.41. The first kappa shape index (κ1) is 12.2. The Hall–Kier alpha value is -2.81. The number of rotatable bonds is 3. The molecule has 0 spiro atoms. The number of benzene rings is 2. The lowest BCUT2D eigenvalue weighted by Gasteiger charge is -2.05. The van der Waals surface area contributed by atoms with Gasteiger partial charge in [0, 0.05) is 5.69 Å². The van der Waals surface area contributed by atoms with E-state index < -0.39 is 0 Å². The Kier molecular flexibility index (Phi) is 3.33. The van der Waals surface area contributed by atoms with Crippen LogP contribution in [0.15, 0.2) is 77.6 Å². The van der Waals surface area contributed by atoms with Crippen LogP contribution in [0.2, 0.25) is 0 Å². The van der Waals surface area contributed by atoms with Gasteiger partial charge in [0.2, 0.25) is 0 Å². The third kappa shape index (κ3) is 2.62. The van der Waals surface area contributed by atoms with Crippen molar-refractivity contribution in [2.75, 3.05) is 5.32 Å². The van der Waals surface area contributed by atoms with Crippen LogP contribution < -0.4 is 5.32 Å². The van der Waals surface area contributed by atoms with Crippen LogP contribution in [0, 0.1) is 0 Å². The SMILES string of the molecule is O=C(Nc1ccc(-c2ccccc2)cc1)c1ccoc1. The van der Waals surface area contributed by atoms with Gasteiger partial charge in [-0.1, -0.05) is 42.5 Å². The van der Waals surface area contributed by atoms with E-state index in [9.17, 15) is 4.79 Å². The van der Waals surface area contributed by atoms with Crippen molar-refractivity contribution in [1.82, 2.24) is 0 Å². The molecule has 3 heteroatoms. The van der Waals surface area contributed by atoms with E-state index in [1.165, 1.54) is 12.5 Å². The van der Waals surface area contributed by atoms with Crippen LogP contribution in [0.5, 0.6) is 0 Å². The maximum Gasteiger partial charge on any atom is 0.258 e. The normalized spacial score (nSPS) is 10.2. The minimum absolute atomic E-state index is 0.175. The van der Waals surface area contributed by atoms with Gasteiger partial charge in [-0.15, -0.1) is 0 Å². The number of hydrogen-bond acceptors (Lipinski definition) is 2. The van der Waals surface area contributed by atoms with Crippen molar-refractivity contribution in [2.24, 2.45) is 0 Å². The number of anilines is 1. The highest BCUT2D eigenvalue weighted by Crippen LogP contribution is 2.21. The van der Waals surface area contributed by atoms with Gasteiger partial charge in [0.25, 0.3) is 5.91 Å².